The van der Waals surface area contributed by atoms with Gasteiger partial charge in [0.1, 0.15) is 0 Å². The summed E-state index contributed by atoms with van der Waals surface area (Å²) in [4.78, 5) is 2.30. The highest BCUT2D eigenvalue weighted by Gasteiger charge is 2.18. The Hall–Kier alpha value is -9.83. The van der Waals surface area contributed by atoms with E-state index >= 15 is 0 Å². The fourth-order valence-electron chi connectivity index (χ4n) is 10.6. The Balaban J connectivity index is 0.850. The highest BCUT2D eigenvalue weighted by molar-refractivity contribution is 5.98. The summed E-state index contributed by atoms with van der Waals surface area (Å²) in [7, 11) is 0. The Morgan fingerprint density at radius 3 is 1.12 bits per heavy atom. The van der Waals surface area contributed by atoms with Crippen molar-refractivity contribution in [3.05, 3.63) is 297 Å². The quantitative estimate of drug-likeness (QED) is 0.129. The molecule has 3 heteroatoms. The molecule has 0 spiro atoms. The molecule has 0 bridgehead atoms. The maximum Gasteiger partial charge on any atom is 0.0934 e. The van der Waals surface area contributed by atoms with Crippen molar-refractivity contribution in [1.29, 1.82) is 0 Å². The summed E-state index contributed by atoms with van der Waals surface area (Å²) in [6.45, 7) is 0. The summed E-state index contributed by atoms with van der Waals surface area (Å²) in [5, 5.41) is 10.3. The molecule has 0 N–H and O–H groups in total. The van der Waals surface area contributed by atoms with E-state index in [2.05, 4.69) is 307 Å². The molecule has 0 aliphatic heterocycles. The third kappa shape index (κ3) is 8.42. The molecule has 0 saturated carbocycles. The Labute approximate surface area is 432 Å². The molecule has 0 unspecified atom stereocenters. The minimum absolute atomic E-state index is 0.912. The number of para-hydroxylation sites is 2. The van der Waals surface area contributed by atoms with Crippen molar-refractivity contribution in [2.45, 2.75) is 0 Å². The third-order valence-corrected chi connectivity index (χ3v) is 14.3. The first-order valence-electron chi connectivity index (χ1n) is 25.3. The number of anilines is 3. The van der Waals surface area contributed by atoms with Gasteiger partial charge >= 0.3 is 0 Å². The Kier molecular flexibility index (Phi) is 11.6. The van der Waals surface area contributed by atoms with Crippen LogP contribution in [0.2, 0.25) is 0 Å². The van der Waals surface area contributed by atoms with Gasteiger partial charge in [0.05, 0.1) is 17.1 Å². The highest BCUT2D eigenvalue weighted by Crippen LogP contribution is 2.41. The zero-order valence-corrected chi connectivity index (χ0v) is 40.6. The molecule has 0 atom stereocenters. The van der Waals surface area contributed by atoms with Crippen LogP contribution in [0, 0.1) is 0 Å². The molecule has 12 aromatic carbocycles. The molecular formula is C71H49N3. The van der Waals surface area contributed by atoms with Crippen molar-refractivity contribution >= 4 is 38.6 Å². The first kappa shape index (κ1) is 44.1. The molecule has 1 heterocycles. The normalized spacial score (nSPS) is 11.2. The predicted octanol–water partition coefficient (Wildman–Crippen LogP) is 19.3. The van der Waals surface area contributed by atoms with Gasteiger partial charge in [-0.1, -0.05) is 243 Å². The van der Waals surface area contributed by atoms with Gasteiger partial charge in [0.2, 0.25) is 0 Å². The van der Waals surface area contributed by atoms with E-state index in [0.29, 0.717) is 0 Å². The van der Waals surface area contributed by atoms with E-state index in [1.54, 1.807) is 0 Å². The van der Waals surface area contributed by atoms with E-state index in [-0.39, 0.29) is 0 Å². The predicted molar refractivity (Wildman–Crippen MR) is 311 cm³/mol. The van der Waals surface area contributed by atoms with E-state index in [4.69, 9.17) is 5.10 Å². The standard InChI is InChI=1S/C71H49N3/c1-3-21-58(22-4-1)73(59-23-5-2-6-24-59)60-45-41-54(42-46-60)66-27-11-13-29-68(66)69-30-14-12-28-67(69)55-43-47-61(48-44-55)74-71(57-39-35-53(36-40-57)65-32-16-20-51-18-8-10-26-63(51)65)49-70(72-74)56-37-33-52(34-38-56)64-31-15-19-50-17-7-9-25-62(50)64/h1-49H. The smallest absolute Gasteiger partial charge is 0.0934 e. The molecule has 13 aromatic rings. The second-order valence-corrected chi connectivity index (χ2v) is 18.7. The van der Waals surface area contributed by atoms with E-state index in [9.17, 15) is 0 Å². The van der Waals surface area contributed by atoms with Gasteiger partial charge in [-0.25, -0.2) is 4.68 Å². The molecule has 0 aliphatic carbocycles. The maximum atomic E-state index is 5.38. The lowest BCUT2D eigenvalue weighted by molar-refractivity contribution is 0.892. The molecule has 0 saturated heterocycles. The molecule has 1 aromatic heterocycles. The van der Waals surface area contributed by atoms with Gasteiger partial charge in [-0.15, -0.1) is 0 Å². The van der Waals surface area contributed by atoms with Crippen LogP contribution in [0.1, 0.15) is 0 Å². The Morgan fingerprint density at radius 1 is 0.257 bits per heavy atom. The number of nitrogens with zero attached hydrogens (tertiary/aromatic N) is 3. The maximum absolute atomic E-state index is 5.38. The molecule has 3 nitrogen and oxygen atoms in total. The van der Waals surface area contributed by atoms with Crippen LogP contribution in [0.5, 0.6) is 0 Å². The Bertz CT molecular complexity index is 4030. The lowest BCUT2D eigenvalue weighted by Gasteiger charge is -2.25. The number of benzene rings is 12. The largest absolute Gasteiger partial charge is 0.311 e. The third-order valence-electron chi connectivity index (χ3n) is 14.3. The zero-order chi connectivity index (χ0) is 49.2. The molecular weight excluding hydrogens is 895 g/mol. The summed E-state index contributed by atoms with van der Waals surface area (Å²) in [5.41, 5.74) is 20.2. The van der Waals surface area contributed by atoms with Crippen LogP contribution in [0.15, 0.2) is 297 Å². The van der Waals surface area contributed by atoms with Crippen LogP contribution in [0.3, 0.4) is 0 Å². The molecule has 74 heavy (non-hydrogen) atoms. The second-order valence-electron chi connectivity index (χ2n) is 18.7. The van der Waals surface area contributed by atoms with Crippen LogP contribution in [0.4, 0.5) is 17.1 Å². The van der Waals surface area contributed by atoms with Gasteiger partial charge in [-0.2, -0.15) is 5.10 Å². The minimum atomic E-state index is 0.912. The van der Waals surface area contributed by atoms with Crippen molar-refractivity contribution in [1.82, 2.24) is 9.78 Å². The summed E-state index contributed by atoms with van der Waals surface area (Å²) in [6, 6.07) is 107. The average Bonchev–Trinajstić information content (AvgIpc) is 3.94. The van der Waals surface area contributed by atoms with Crippen LogP contribution >= 0.6 is 0 Å². The van der Waals surface area contributed by atoms with Crippen LogP contribution < -0.4 is 4.90 Å². The molecule has 0 amide bonds. The van der Waals surface area contributed by atoms with E-state index in [1.165, 1.54) is 66.1 Å². The number of aromatic nitrogens is 2. The van der Waals surface area contributed by atoms with E-state index in [0.717, 1.165) is 56.4 Å². The molecule has 348 valence electrons. The van der Waals surface area contributed by atoms with Gasteiger partial charge < -0.3 is 4.90 Å². The van der Waals surface area contributed by atoms with Gasteiger partial charge in [-0.3, -0.25) is 0 Å². The summed E-state index contributed by atoms with van der Waals surface area (Å²) in [6.07, 6.45) is 0. The lowest BCUT2D eigenvalue weighted by atomic mass is 9.89. The van der Waals surface area contributed by atoms with E-state index in [1.807, 2.05) is 0 Å². The van der Waals surface area contributed by atoms with Crippen LogP contribution in [-0.4, -0.2) is 9.78 Å². The summed E-state index contributed by atoms with van der Waals surface area (Å²) < 4.78 is 2.10. The van der Waals surface area contributed by atoms with Gasteiger partial charge in [0.25, 0.3) is 0 Å². The monoisotopic (exact) mass is 943 g/mol. The summed E-state index contributed by atoms with van der Waals surface area (Å²) in [5.74, 6) is 0. The highest BCUT2D eigenvalue weighted by atomic mass is 15.3. The molecule has 13 rings (SSSR count). The molecule has 0 radical (unpaired) electrons. The number of fused-ring (bicyclic) bond motifs is 2. The van der Waals surface area contributed by atoms with Crippen molar-refractivity contribution in [3.8, 4) is 83.8 Å². The summed E-state index contributed by atoms with van der Waals surface area (Å²) >= 11 is 0. The second kappa shape index (κ2) is 19.4. The van der Waals surface area contributed by atoms with E-state index < -0.39 is 0 Å². The topological polar surface area (TPSA) is 21.1 Å². The van der Waals surface area contributed by atoms with Gasteiger partial charge in [0.15, 0.2) is 0 Å². The number of hydrogen-bond donors (Lipinski definition) is 0. The Morgan fingerprint density at radius 2 is 0.608 bits per heavy atom. The van der Waals surface area contributed by atoms with Gasteiger partial charge in [-0.05, 0) is 132 Å². The lowest BCUT2D eigenvalue weighted by Crippen LogP contribution is -2.09. The van der Waals surface area contributed by atoms with Crippen molar-refractivity contribution < 1.29 is 0 Å². The fourth-order valence-corrected chi connectivity index (χ4v) is 10.6. The number of hydrogen-bond acceptors (Lipinski definition) is 2. The average molecular weight is 944 g/mol. The molecule has 0 aliphatic rings. The molecule has 0 fully saturated rings. The zero-order valence-electron chi connectivity index (χ0n) is 40.6. The number of rotatable bonds is 11. The van der Waals surface area contributed by atoms with Crippen LogP contribution in [-0.2, 0) is 0 Å². The van der Waals surface area contributed by atoms with Crippen molar-refractivity contribution in [3.63, 3.8) is 0 Å². The first-order valence-corrected chi connectivity index (χ1v) is 25.3. The van der Waals surface area contributed by atoms with Crippen molar-refractivity contribution in [2.24, 2.45) is 0 Å². The van der Waals surface area contributed by atoms with Crippen LogP contribution in [0.25, 0.3) is 105 Å². The SMILES string of the molecule is c1ccc(N(c2ccccc2)c2ccc(-c3ccccc3-c3ccccc3-c3ccc(-n4nc(-c5ccc(-c6cccc7ccccc67)cc5)cc4-c4ccc(-c5cccc6ccccc56)cc4)cc3)cc2)cc1. The minimum Gasteiger partial charge on any atom is -0.311 e. The fraction of sp³-hybridized carbons (Fsp3) is 0. The first-order chi connectivity index (χ1) is 36.7. The van der Waals surface area contributed by atoms with Gasteiger partial charge in [0, 0.05) is 28.2 Å². The van der Waals surface area contributed by atoms with Crippen molar-refractivity contribution in [2.75, 3.05) is 4.90 Å².